The molecule has 7 heteroatoms. The molecule has 0 radical (unpaired) electrons. The first kappa shape index (κ1) is 21.4. The molecule has 0 atom stereocenters. The van der Waals surface area contributed by atoms with Gasteiger partial charge in [0.25, 0.3) is 0 Å². The van der Waals surface area contributed by atoms with Crippen LogP contribution in [0.2, 0.25) is 5.02 Å². The van der Waals surface area contributed by atoms with Crippen molar-refractivity contribution in [1.29, 1.82) is 0 Å². The maximum atomic E-state index is 12.6. The van der Waals surface area contributed by atoms with Crippen LogP contribution in [0.5, 0.6) is 0 Å². The van der Waals surface area contributed by atoms with Crippen LogP contribution in [0.1, 0.15) is 25.9 Å². The van der Waals surface area contributed by atoms with E-state index in [1.54, 1.807) is 0 Å². The third-order valence-electron chi connectivity index (χ3n) is 5.48. The van der Waals surface area contributed by atoms with Crippen molar-refractivity contribution in [3.05, 3.63) is 105 Å². The average Bonchev–Trinajstić information content (AvgIpc) is 3.47. The number of nitrogens with zero attached hydrogens (tertiary/aromatic N) is 3. The van der Waals surface area contributed by atoms with E-state index in [4.69, 9.17) is 21.3 Å². The van der Waals surface area contributed by atoms with Gasteiger partial charge in [-0.05, 0) is 28.5 Å². The molecule has 0 fully saturated rings. The van der Waals surface area contributed by atoms with E-state index in [9.17, 15) is 4.79 Å². The Hall–Kier alpha value is -3.48. The van der Waals surface area contributed by atoms with Gasteiger partial charge in [-0.15, -0.1) is 11.3 Å². The van der Waals surface area contributed by atoms with Gasteiger partial charge in [0.15, 0.2) is 0 Å². The average molecular weight is 474 g/mol. The summed E-state index contributed by atoms with van der Waals surface area (Å²) >= 11 is 7.38. The van der Waals surface area contributed by atoms with Gasteiger partial charge in [0.2, 0.25) is 0 Å². The summed E-state index contributed by atoms with van der Waals surface area (Å²) in [6.07, 6.45) is 4.21. The lowest BCUT2D eigenvalue weighted by Crippen LogP contribution is -2.03. The minimum absolute atomic E-state index is 0.378. The molecule has 0 saturated heterocycles. The van der Waals surface area contributed by atoms with Crippen LogP contribution in [0.15, 0.2) is 79.3 Å². The lowest BCUT2D eigenvalue weighted by atomic mass is 10.0. The second kappa shape index (κ2) is 9.17. The van der Waals surface area contributed by atoms with Gasteiger partial charge in [-0.1, -0.05) is 66.2 Å². The molecular weight excluding hydrogens is 454 g/mol. The molecule has 0 aliphatic rings. The normalized spacial score (nSPS) is 11.1. The van der Waals surface area contributed by atoms with E-state index in [2.05, 4.69) is 21.7 Å². The standard InChI is InChI=1S/C26H20ClN3O2S/c1-32-26(31)25-24(22-8-4-6-18-5-2-3-7-21(18)22)29-23(33-25)13-20-14-28-16-30(20)15-17-9-11-19(27)12-10-17/h2-12,14,16H,13,15H2,1H3. The number of ether oxygens (including phenoxy) is 1. The Kier molecular flexibility index (Phi) is 5.94. The molecule has 0 spiro atoms. The van der Waals surface area contributed by atoms with Gasteiger partial charge >= 0.3 is 5.97 Å². The van der Waals surface area contributed by atoms with Crippen LogP contribution >= 0.6 is 22.9 Å². The number of fused-ring (bicyclic) bond motifs is 1. The summed E-state index contributed by atoms with van der Waals surface area (Å²) in [6, 6.07) is 21.9. The van der Waals surface area contributed by atoms with Gasteiger partial charge in [-0.25, -0.2) is 14.8 Å². The molecule has 164 valence electrons. The molecule has 5 rings (SSSR count). The fourth-order valence-electron chi connectivity index (χ4n) is 3.86. The lowest BCUT2D eigenvalue weighted by Gasteiger charge is -2.07. The summed E-state index contributed by atoms with van der Waals surface area (Å²) in [5, 5.41) is 3.69. The number of carbonyl (C=O) groups excluding carboxylic acids is 1. The van der Waals surface area contributed by atoms with Crippen molar-refractivity contribution in [3.8, 4) is 11.3 Å². The van der Waals surface area contributed by atoms with Gasteiger partial charge in [0, 0.05) is 35.4 Å². The number of aromatic nitrogens is 3. The predicted octanol–water partition coefficient (Wildman–Crippen LogP) is 6.24. The van der Waals surface area contributed by atoms with E-state index in [1.807, 2.05) is 67.1 Å². The Morgan fingerprint density at radius 1 is 1.06 bits per heavy atom. The zero-order valence-electron chi connectivity index (χ0n) is 17.9. The van der Waals surface area contributed by atoms with Crippen molar-refractivity contribution in [2.24, 2.45) is 0 Å². The molecule has 5 nitrogen and oxygen atoms in total. The Bertz CT molecular complexity index is 1430. The van der Waals surface area contributed by atoms with Gasteiger partial charge in [0.1, 0.15) is 9.88 Å². The first-order chi connectivity index (χ1) is 16.1. The number of methoxy groups -OCH3 is 1. The minimum Gasteiger partial charge on any atom is -0.465 e. The van der Waals surface area contributed by atoms with E-state index >= 15 is 0 Å². The monoisotopic (exact) mass is 473 g/mol. The zero-order chi connectivity index (χ0) is 22.8. The lowest BCUT2D eigenvalue weighted by molar-refractivity contribution is 0.0607. The minimum atomic E-state index is -0.378. The number of hydrogen-bond acceptors (Lipinski definition) is 5. The molecule has 0 aliphatic carbocycles. The maximum absolute atomic E-state index is 12.6. The van der Waals surface area contributed by atoms with Crippen molar-refractivity contribution in [1.82, 2.24) is 14.5 Å². The molecule has 0 N–H and O–H groups in total. The molecule has 5 aromatic rings. The third kappa shape index (κ3) is 4.40. The Labute approximate surface area is 200 Å². The van der Waals surface area contributed by atoms with E-state index in [-0.39, 0.29) is 5.97 Å². The van der Waals surface area contributed by atoms with E-state index in [0.29, 0.717) is 28.6 Å². The quantitative estimate of drug-likeness (QED) is 0.274. The number of halogens is 1. The highest BCUT2D eigenvalue weighted by atomic mass is 35.5. The topological polar surface area (TPSA) is 57.0 Å². The molecule has 0 aliphatic heterocycles. The van der Waals surface area contributed by atoms with Crippen LogP contribution in [0, 0.1) is 0 Å². The van der Waals surface area contributed by atoms with Crippen LogP contribution in [0.4, 0.5) is 0 Å². The summed E-state index contributed by atoms with van der Waals surface area (Å²) in [4.78, 5) is 22.3. The number of carbonyl (C=O) groups is 1. The van der Waals surface area contributed by atoms with E-state index in [1.165, 1.54) is 18.4 Å². The molecular formula is C26H20ClN3O2S. The zero-order valence-corrected chi connectivity index (χ0v) is 19.4. The smallest absolute Gasteiger partial charge is 0.350 e. The van der Waals surface area contributed by atoms with Crippen LogP contribution in [-0.4, -0.2) is 27.6 Å². The molecule has 0 amide bonds. The Balaban J connectivity index is 1.51. The van der Waals surface area contributed by atoms with Gasteiger partial charge in [0.05, 0.1) is 19.1 Å². The summed E-state index contributed by atoms with van der Waals surface area (Å²) in [5.74, 6) is -0.378. The van der Waals surface area contributed by atoms with Crippen molar-refractivity contribution >= 4 is 39.7 Å². The van der Waals surface area contributed by atoms with Crippen LogP contribution in [-0.2, 0) is 17.7 Å². The summed E-state index contributed by atoms with van der Waals surface area (Å²) < 4.78 is 7.16. The molecule has 33 heavy (non-hydrogen) atoms. The number of rotatable bonds is 6. The van der Waals surface area contributed by atoms with Crippen LogP contribution in [0.25, 0.3) is 22.0 Å². The molecule has 0 saturated carbocycles. The first-order valence-corrected chi connectivity index (χ1v) is 11.6. The maximum Gasteiger partial charge on any atom is 0.350 e. The predicted molar refractivity (Wildman–Crippen MR) is 132 cm³/mol. The number of benzene rings is 3. The highest BCUT2D eigenvalue weighted by Crippen LogP contribution is 2.34. The van der Waals surface area contributed by atoms with E-state index in [0.717, 1.165) is 32.6 Å². The number of imidazole rings is 1. The number of esters is 1. The van der Waals surface area contributed by atoms with Crippen molar-refractivity contribution in [2.45, 2.75) is 13.0 Å². The molecule has 0 unspecified atom stereocenters. The van der Waals surface area contributed by atoms with Gasteiger partial charge < -0.3 is 9.30 Å². The number of thiazole rings is 1. The summed E-state index contributed by atoms with van der Waals surface area (Å²) in [5.41, 5.74) is 3.72. The second-order valence-electron chi connectivity index (χ2n) is 7.62. The van der Waals surface area contributed by atoms with Crippen molar-refractivity contribution in [2.75, 3.05) is 7.11 Å². The summed E-state index contributed by atoms with van der Waals surface area (Å²) in [7, 11) is 1.40. The summed E-state index contributed by atoms with van der Waals surface area (Å²) in [6.45, 7) is 0.678. The second-order valence-corrected chi connectivity index (χ2v) is 9.14. The molecule has 0 bridgehead atoms. The highest BCUT2D eigenvalue weighted by molar-refractivity contribution is 7.14. The molecule has 2 heterocycles. The Morgan fingerprint density at radius 3 is 2.67 bits per heavy atom. The van der Waals surface area contributed by atoms with Crippen molar-refractivity contribution in [3.63, 3.8) is 0 Å². The first-order valence-electron chi connectivity index (χ1n) is 10.4. The SMILES string of the molecule is COC(=O)c1sc(Cc2cncn2Cc2ccc(Cl)cc2)nc1-c1cccc2ccccc12. The molecule has 2 aromatic heterocycles. The van der Waals surface area contributed by atoms with Gasteiger partial charge in [-0.3, -0.25) is 0 Å². The van der Waals surface area contributed by atoms with E-state index < -0.39 is 0 Å². The van der Waals surface area contributed by atoms with Crippen LogP contribution in [0.3, 0.4) is 0 Å². The highest BCUT2D eigenvalue weighted by Gasteiger charge is 2.22. The fraction of sp³-hybridized carbons (Fsp3) is 0.115. The largest absolute Gasteiger partial charge is 0.465 e. The Morgan fingerprint density at radius 2 is 1.85 bits per heavy atom. The third-order valence-corrected chi connectivity index (χ3v) is 6.77. The fourth-order valence-corrected chi connectivity index (χ4v) is 5.00. The van der Waals surface area contributed by atoms with Crippen molar-refractivity contribution < 1.29 is 9.53 Å². The van der Waals surface area contributed by atoms with Gasteiger partial charge in [-0.2, -0.15) is 0 Å². The van der Waals surface area contributed by atoms with Crippen LogP contribution < -0.4 is 0 Å². The molecule has 3 aromatic carbocycles. The number of hydrogen-bond donors (Lipinski definition) is 0.